The molecule has 32 heavy (non-hydrogen) atoms. The second-order valence-electron chi connectivity index (χ2n) is 8.46. The monoisotopic (exact) mass is 484 g/mol. The minimum atomic E-state index is 0.0377. The molecule has 0 aromatic heterocycles. The Kier molecular flexibility index (Phi) is 6.07. The van der Waals surface area contributed by atoms with E-state index in [-0.39, 0.29) is 11.9 Å². The Labute approximate surface area is 203 Å². The molecule has 1 amide bonds. The van der Waals surface area contributed by atoms with Crippen LogP contribution in [0.3, 0.4) is 0 Å². The van der Waals surface area contributed by atoms with Gasteiger partial charge >= 0.3 is 0 Å². The Morgan fingerprint density at radius 1 is 0.875 bits per heavy atom. The number of anilines is 1. The Hall–Kier alpha value is -2.20. The summed E-state index contributed by atoms with van der Waals surface area (Å²) in [6.45, 7) is 2.10. The van der Waals surface area contributed by atoms with Crippen LogP contribution < -0.4 is 4.90 Å². The van der Waals surface area contributed by atoms with Crippen molar-refractivity contribution in [2.75, 3.05) is 24.5 Å². The van der Waals surface area contributed by atoms with E-state index in [1.807, 2.05) is 35.2 Å². The van der Waals surface area contributed by atoms with Crippen LogP contribution >= 0.6 is 34.8 Å². The third kappa shape index (κ3) is 4.10. The molecule has 1 fully saturated rings. The van der Waals surface area contributed by atoms with Gasteiger partial charge in [-0.25, -0.2) is 0 Å². The molecule has 6 heteroatoms. The van der Waals surface area contributed by atoms with Gasteiger partial charge in [0.05, 0.1) is 16.1 Å². The lowest BCUT2D eigenvalue weighted by Gasteiger charge is -2.45. The van der Waals surface area contributed by atoms with Gasteiger partial charge in [-0.05, 0) is 60.4 Å². The minimum Gasteiger partial charge on any atom is -0.368 e. The van der Waals surface area contributed by atoms with Crippen molar-refractivity contribution in [2.24, 2.45) is 0 Å². The molecule has 0 spiro atoms. The highest BCUT2D eigenvalue weighted by Gasteiger charge is 2.39. The SMILES string of the molecule is O=C(c1cccc(Cl)c1)N1CCN(c2ccc(Cl)c(Cl)c2)C[C@@H]1[C@H]1CCc2ccccc21. The number of amides is 1. The van der Waals surface area contributed by atoms with E-state index in [1.165, 1.54) is 11.1 Å². The Bertz CT molecular complexity index is 1170. The molecule has 0 bridgehead atoms. The van der Waals surface area contributed by atoms with Gasteiger partial charge < -0.3 is 9.80 Å². The molecule has 3 aromatic carbocycles. The summed E-state index contributed by atoms with van der Waals surface area (Å²) >= 11 is 18.6. The highest BCUT2D eigenvalue weighted by atomic mass is 35.5. The number of piperazine rings is 1. The predicted molar refractivity (Wildman–Crippen MR) is 132 cm³/mol. The molecule has 0 saturated carbocycles. The number of carbonyl (C=O) groups is 1. The van der Waals surface area contributed by atoms with Gasteiger partial charge in [0, 0.05) is 41.8 Å². The molecule has 1 saturated heterocycles. The molecule has 1 heterocycles. The zero-order valence-corrected chi connectivity index (χ0v) is 19.7. The summed E-state index contributed by atoms with van der Waals surface area (Å²) in [5.41, 5.74) is 4.42. The van der Waals surface area contributed by atoms with Gasteiger partial charge in [0.15, 0.2) is 0 Å². The smallest absolute Gasteiger partial charge is 0.254 e. The molecule has 0 radical (unpaired) electrons. The number of benzene rings is 3. The standard InChI is InChI=1S/C26H23Cl3N2O/c27-19-6-3-5-18(14-19)26(32)31-13-12-30(20-9-11-23(28)24(29)15-20)16-25(31)22-10-8-17-4-1-2-7-21(17)22/h1-7,9,11,14-15,22,25H,8,10,12-13,16H2/t22-,25+/m0/s1. The molecule has 1 aliphatic heterocycles. The van der Waals surface area contributed by atoms with Crippen LogP contribution in [-0.4, -0.2) is 36.5 Å². The molecule has 2 atom stereocenters. The lowest BCUT2D eigenvalue weighted by atomic mass is 9.89. The molecule has 1 aliphatic carbocycles. The first-order valence-electron chi connectivity index (χ1n) is 10.9. The quantitative estimate of drug-likeness (QED) is 0.412. The minimum absolute atomic E-state index is 0.0377. The number of carbonyl (C=O) groups excluding carboxylic acids is 1. The summed E-state index contributed by atoms with van der Waals surface area (Å²) in [5.74, 6) is 0.329. The molecule has 0 unspecified atom stereocenters. The van der Waals surface area contributed by atoms with Crippen molar-refractivity contribution in [3.63, 3.8) is 0 Å². The maximum Gasteiger partial charge on any atom is 0.254 e. The van der Waals surface area contributed by atoms with E-state index in [0.29, 0.717) is 33.1 Å². The largest absolute Gasteiger partial charge is 0.368 e. The van der Waals surface area contributed by atoms with Crippen LogP contribution in [0.5, 0.6) is 0 Å². The predicted octanol–water partition coefficient (Wildman–Crippen LogP) is 6.71. The van der Waals surface area contributed by atoms with Crippen molar-refractivity contribution in [3.8, 4) is 0 Å². The molecule has 3 aromatic rings. The van der Waals surface area contributed by atoms with Crippen LogP contribution in [0.1, 0.15) is 33.8 Å². The van der Waals surface area contributed by atoms with Crippen molar-refractivity contribution in [3.05, 3.63) is 98.5 Å². The van der Waals surface area contributed by atoms with Gasteiger partial charge in [-0.1, -0.05) is 65.1 Å². The fraction of sp³-hybridized carbons (Fsp3) is 0.269. The molecular formula is C26H23Cl3N2O. The number of hydrogen-bond acceptors (Lipinski definition) is 2. The highest BCUT2D eigenvalue weighted by Crippen LogP contribution is 2.40. The lowest BCUT2D eigenvalue weighted by molar-refractivity contribution is 0.0623. The first-order valence-corrected chi connectivity index (χ1v) is 12.0. The van der Waals surface area contributed by atoms with Crippen LogP contribution in [0.15, 0.2) is 66.7 Å². The number of aryl methyl sites for hydroxylation is 1. The van der Waals surface area contributed by atoms with E-state index in [2.05, 4.69) is 29.2 Å². The summed E-state index contributed by atoms with van der Waals surface area (Å²) < 4.78 is 0. The van der Waals surface area contributed by atoms with Gasteiger partial charge in [0.25, 0.3) is 5.91 Å². The maximum absolute atomic E-state index is 13.6. The third-order valence-corrected chi connectivity index (χ3v) is 7.64. The Morgan fingerprint density at radius 2 is 1.72 bits per heavy atom. The first kappa shape index (κ1) is 21.6. The fourth-order valence-corrected chi connectivity index (χ4v) is 5.58. The second-order valence-corrected chi connectivity index (χ2v) is 9.72. The van der Waals surface area contributed by atoms with Crippen molar-refractivity contribution in [1.82, 2.24) is 4.90 Å². The van der Waals surface area contributed by atoms with Gasteiger partial charge in [0.2, 0.25) is 0 Å². The normalized spacial score (nSPS) is 20.3. The number of rotatable bonds is 3. The van der Waals surface area contributed by atoms with Crippen LogP contribution in [0.2, 0.25) is 15.1 Å². The lowest BCUT2D eigenvalue weighted by Crippen LogP contribution is -2.57. The van der Waals surface area contributed by atoms with E-state index < -0.39 is 0 Å². The van der Waals surface area contributed by atoms with Crippen molar-refractivity contribution >= 4 is 46.4 Å². The third-order valence-electron chi connectivity index (χ3n) is 6.66. The average Bonchev–Trinajstić information content (AvgIpc) is 3.24. The topological polar surface area (TPSA) is 23.6 Å². The maximum atomic E-state index is 13.6. The van der Waals surface area contributed by atoms with Gasteiger partial charge in [-0.2, -0.15) is 0 Å². The number of halogens is 3. The van der Waals surface area contributed by atoms with E-state index >= 15 is 0 Å². The number of nitrogens with zero attached hydrogens (tertiary/aromatic N) is 2. The molecule has 2 aliphatic rings. The van der Waals surface area contributed by atoms with Crippen LogP contribution in [0.25, 0.3) is 0 Å². The molecule has 3 nitrogen and oxygen atoms in total. The zero-order valence-electron chi connectivity index (χ0n) is 17.5. The summed E-state index contributed by atoms with van der Waals surface area (Å²) in [7, 11) is 0. The number of hydrogen-bond donors (Lipinski definition) is 0. The summed E-state index contributed by atoms with van der Waals surface area (Å²) in [6.07, 6.45) is 2.09. The second kappa shape index (κ2) is 8.97. The van der Waals surface area contributed by atoms with Crippen LogP contribution in [-0.2, 0) is 6.42 Å². The van der Waals surface area contributed by atoms with Crippen molar-refractivity contribution in [1.29, 1.82) is 0 Å². The van der Waals surface area contributed by atoms with Crippen molar-refractivity contribution < 1.29 is 4.79 Å². The molecule has 5 rings (SSSR count). The van der Waals surface area contributed by atoms with Crippen LogP contribution in [0.4, 0.5) is 5.69 Å². The Morgan fingerprint density at radius 3 is 2.53 bits per heavy atom. The van der Waals surface area contributed by atoms with E-state index in [1.54, 1.807) is 12.1 Å². The van der Waals surface area contributed by atoms with Gasteiger partial charge in [0.1, 0.15) is 0 Å². The average molecular weight is 486 g/mol. The summed E-state index contributed by atoms with van der Waals surface area (Å²) in [4.78, 5) is 17.9. The molecule has 164 valence electrons. The first-order chi connectivity index (χ1) is 15.5. The van der Waals surface area contributed by atoms with Crippen molar-refractivity contribution in [2.45, 2.75) is 24.8 Å². The Balaban J connectivity index is 1.49. The fourth-order valence-electron chi connectivity index (χ4n) is 5.10. The number of fused-ring (bicyclic) bond motifs is 1. The van der Waals surface area contributed by atoms with E-state index in [9.17, 15) is 4.79 Å². The molecule has 0 N–H and O–H groups in total. The van der Waals surface area contributed by atoms with Crippen LogP contribution in [0, 0.1) is 0 Å². The summed E-state index contributed by atoms with van der Waals surface area (Å²) in [6, 6.07) is 21.7. The highest BCUT2D eigenvalue weighted by molar-refractivity contribution is 6.42. The van der Waals surface area contributed by atoms with E-state index in [4.69, 9.17) is 34.8 Å². The molecular weight excluding hydrogens is 463 g/mol. The van der Waals surface area contributed by atoms with Gasteiger partial charge in [-0.3, -0.25) is 4.79 Å². The van der Waals surface area contributed by atoms with Gasteiger partial charge in [-0.15, -0.1) is 0 Å². The summed E-state index contributed by atoms with van der Waals surface area (Å²) in [5, 5.41) is 1.67. The zero-order chi connectivity index (χ0) is 22.2. The van der Waals surface area contributed by atoms with E-state index in [0.717, 1.165) is 31.6 Å².